The van der Waals surface area contributed by atoms with E-state index in [1.54, 1.807) is 0 Å². The van der Waals surface area contributed by atoms with Crippen LogP contribution in [0.2, 0.25) is 5.02 Å². The lowest BCUT2D eigenvalue weighted by atomic mass is 9.75. The number of nitrogens with one attached hydrogen (secondary N) is 1. The zero-order valence-electron chi connectivity index (χ0n) is 14.0. The van der Waals surface area contributed by atoms with E-state index in [4.69, 9.17) is 32.7 Å². The van der Waals surface area contributed by atoms with Crippen LogP contribution in [0.4, 0.5) is 0 Å². The Bertz CT molecular complexity index is 529. The van der Waals surface area contributed by atoms with Crippen LogP contribution < -0.4 is 11.1 Å². The number of carbonyl (C=O) groups is 1. The van der Waals surface area contributed by atoms with Gasteiger partial charge in [0.2, 0.25) is 0 Å². The summed E-state index contributed by atoms with van der Waals surface area (Å²) in [5.41, 5.74) is 4.30. The molecule has 0 heterocycles. The van der Waals surface area contributed by atoms with E-state index in [2.05, 4.69) is 5.32 Å². The van der Waals surface area contributed by atoms with Gasteiger partial charge in [0.05, 0.1) is 25.4 Å². The van der Waals surface area contributed by atoms with Crippen LogP contribution in [0, 0.1) is 0 Å². The van der Waals surface area contributed by atoms with Crippen LogP contribution >= 0.6 is 11.6 Å². The first-order chi connectivity index (χ1) is 11.4. The molecule has 0 aromatic heterocycles. The minimum absolute atomic E-state index is 0.259. The zero-order chi connectivity index (χ0) is 18.2. The minimum atomic E-state index is -1.21. The molecule has 6 N–H and O–H groups in total. The molecule has 0 amide bonds. The standard InChI is InChI=1S/C13H16ClNO.C4H11NO3/c1-15-13(9-5-4-8-12(13)16)10-6-2-3-7-11(10)14;5-4(1-6,2-7)3-8/h2-3,6-7,15H,4-5,8-9H2,1H3;6-8H,1-3,5H2. The predicted octanol–water partition coefficient (Wildman–Crippen LogP) is 0.559. The molecule has 1 saturated carbocycles. The van der Waals surface area contributed by atoms with Crippen LogP contribution in [0.3, 0.4) is 0 Å². The van der Waals surface area contributed by atoms with Gasteiger partial charge < -0.3 is 26.4 Å². The lowest BCUT2D eigenvalue weighted by Gasteiger charge is -2.36. The SMILES string of the molecule is CNC1(c2ccccc2Cl)CCCCC1=O.NC(CO)(CO)CO. The van der Waals surface area contributed by atoms with E-state index >= 15 is 0 Å². The van der Waals surface area contributed by atoms with Gasteiger partial charge >= 0.3 is 0 Å². The molecule has 1 atom stereocenters. The lowest BCUT2D eigenvalue weighted by Crippen LogP contribution is -2.50. The van der Waals surface area contributed by atoms with E-state index < -0.39 is 30.9 Å². The van der Waals surface area contributed by atoms with Crippen molar-refractivity contribution in [2.24, 2.45) is 5.73 Å². The third-order valence-electron chi connectivity index (χ3n) is 4.39. The highest BCUT2D eigenvalue weighted by molar-refractivity contribution is 6.31. The number of Topliss-reactive ketones (excluding diaryl/α,β-unsaturated/α-hetero) is 1. The van der Waals surface area contributed by atoms with Crippen LogP contribution in [0.15, 0.2) is 24.3 Å². The van der Waals surface area contributed by atoms with Crippen LogP contribution in [0.25, 0.3) is 0 Å². The van der Waals surface area contributed by atoms with Crippen molar-refractivity contribution < 1.29 is 20.1 Å². The fraction of sp³-hybridized carbons (Fsp3) is 0.588. The van der Waals surface area contributed by atoms with Crippen LogP contribution in [0.5, 0.6) is 0 Å². The number of nitrogens with two attached hydrogens (primary N) is 1. The average Bonchev–Trinajstić information content (AvgIpc) is 2.63. The predicted molar refractivity (Wildman–Crippen MR) is 93.8 cm³/mol. The fourth-order valence-corrected chi connectivity index (χ4v) is 2.97. The molecule has 1 unspecified atom stereocenters. The summed E-state index contributed by atoms with van der Waals surface area (Å²) in [6.45, 7) is -1.21. The van der Waals surface area contributed by atoms with Crippen molar-refractivity contribution in [2.75, 3.05) is 26.9 Å². The van der Waals surface area contributed by atoms with Gasteiger partial charge in [0.1, 0.15) is 5.54 Å². The van der Waals surface area contributed by atoms with Gasteiger partial charge in [-0.25, -0.2) is 0 Å². The number of ketones is 1. The van der Waals surface area contributed by atoms with Gasteiger partial charge in [0.15, 0.2) is 5.78 Å². The summed E-state index contributed by atoms with van der Waals surface area (Å²) in [5, 5.41) is 28.9. The van der Waals surface area contributed by atoms with Crippen LogP contribution in [-0.4, -0.2) is 53.5 Å². The number of hydrogen-bond acceptors (Lipinski definition) is 6. The molecule has 0 radical (unpaired) electrons. The monoisotopic (exact) mass is 358 g/mol. The van der Waals surface area contributed by atoms with Crippen molar-refractivity contribution in [1.29, 1.82) is 0 Å². The van der Waals surface area contributed by atoms with Crippen molar-refractivity contribution in [2.45, 2.75) is 36.8 Å². The van der Waals surface area contributed by atoms with Gasteiger partial charge in [0, 0.05) is 11.4 Å². The molecular weight excluding hydrogens is 332 g/mol. The second-order valence-electron chi connectivity index (χ2n) is 6.10. The summed E-state index contributed by atoms with van der Waals surface area (Å²) in [6, 6.07) is 7.62. The van der Waals surface area contributed by atoms with Crippen molar-refractivity contribution in [3.63, 3.8) is 0 Å². The molecule has 24 heavy (non-hydrogen) atoms. The summed E-state index contributed by atoms with van der Waals surface area (Å²) >= 11 is 6.20. The Kier molecular flexibility index (Phi) is 8.29. The highest BCUT2D eigenvalue weighted by Gasteiger charge is 2.41. The van der Waals surface area contributed by atoms with E-state index in [1.807, 2.05) is 31.3 Å². The van der Waals surface area contributed by atoms with Gasteiger partial charge in [-0.05, 0) is 31.5 Å². The Labute approximate surface area is 147 Å². The van der Waals surface area contributed by atoms with Gasteiger partial charge in [-0.2, -0.15) is 0 Å². The first-order valence-corrected chi connectivity index (χ1v) is 8.35. The summed E-state index contributed by atoms with van der Waals surface area (Å²) < 4.78 is 0. The molecular formula is C17H27ClN2O4. The Morgan fingerprint density at radius 3 is 2.21 bits per heavy atom. The number of hydrogen-bond donors (Lipinski definition) is 5. The first kappa shape index (κ1) is 21.0. The third-order valence-corrected chi connectivity index (χ3v) is 4.72. The van der Waals surface area contributed by atoms with Crippen molar-refractivity contribution in [3.8, 4) is 0 Å². The van der Waals surface area contributed by atoms with E-state index in [9.17, 15) is 4.79 Å². The molecule has 2 rings (SSSR count). The van der Waals surface area contributed by atoms with E-state index in [0.29, 0.717) is 11.4 Å². The molecule has 1 aliphatic rings. The van der Waals surface area contributed by atoms with Crippen molar-refractivity contribution in [1.82, 2.24) is 5.32 Å². The Morgan fingerprint density at radius 2 is 1.79 bits per heavy atom. The quantitative estimate of drug-likeness (QED) is 0.525. The second-order valence-corrected chi connectivity index (χ2v) is 6.51. The van der Waals surface area contributed by atoms with Crippen molar-refractivity contribution >= 4 is 17.4 Å². The number of likely N-dealkylation sites (N-methyl/N-ethyl adjacent to an activating group) is 1. The number of halogens is 1. The number of aliphatic hydroxyl groups excluding tert-OH is 3. The van der Waals surface area contributed by atoms with Gasteiger partial charge in [0.25, 0.3) is 0 Å². The van der Waals surface area contributed by atoms with E-state index in [1.165, 1.54) is 0 Å². The summed E-state index contributed by atoms with van der Waals surface area (Å²) in [6.07, 6.45) is 3.54. The maximum Gasteiger partial charge on any atom is 0.157 e. The Morgan fingerprint density at radius 1 is 1.21 bits per heavy atom. The molecule has 6 nitrogen and oxygen atoms in total. The molecule has 0 aliphatic heterocycles. The van der Waals surface area contributed by atoms with Crippen molar-refractivity contribution in [3.05, 3.63) is 34.9 Å². The molecule has 1 aromatic rings. The number of aliphatic hydroxyl groups is 3. The normalized spacial score (nSPS) is 21.2. The average molecular weight is 359 g/mol. The summed E-state index contributed by atoms with van der Waals surface area (Å²) in [4.78, 5) is 12.2. The zero-order valence-corrected chi connectivity index (χ0v) is 14.7. The molecule has 0 spiro atoms. The van der Waals surface area contributed by atoms with Gasteiger partial charge in [-0.3, -0.25) is 4.79 Å². The third kappa shape index (κ3) is 4.75. The highest BCUT2D eigenvalue weighted by Crippen LogP contribution is 2.37. The van der Waals surface area contributed by atoms with Crippen LogP contribution in [-0.2, 0) is 10.3 Å². The summed E-state index contributed by atoms with van der Waals surface area (Å²) in [7, 11) is 1.84. The van der Waals surface area contributed by atoms with E-state index in [-0.39, 0.29) is 5.78 Å². The fourth-order valence-electron chi connectivity index (χ4n) is 2.67. The number of rotatable bonds is 5. The Balaban J connectivity index is 0.000000307. The maximum absolute atomic E-state index is 12.2. The lowest BCUT2D eigenvalue weighted by molar-refractivity contribution is -0.127. The van der Waals surface area contributed by atoms with Crippen LogP contribution in [0.1, 0.15) is 31.2 Å². The largest absolute Gasteiger partial charge is 0.394 e. The maximum atomic E-state index is 12.2. The minimum Gasteiger partial charge on any atom is -0.394 e. The second kappa shape index (κ2) is 9.46. The Hall–Kier alpha value is -1.02. The smallest absolute Gasteiger partial charge is 0.157 e. The van der Waals surface area contributed by atoms with E-state index in [0.717, 1.165) is 24.8 Å². The molecule has 1 aliphatic carbocycles. The summed E-state index contributed by atoms with van der Waals surface area (Å²) in [5.74, 6) is 0.259. The molecule has 0 bridgehead atoms. The molecule has 7 heteroatoms. The van der Waals surface area contributed by atoms with Gasteiger partial charge in [-0.1, -0.05) is 36.2 Å². The highest BCUT2D eigenvalue weighted by atomic mass is 35.5. The number of carbonyl (C=O) groups excluding carboxylic acids is 1. The topological polar surface area (TPSA) is 116 Å². The van der Waals surface area contributed by atoms with Gasteiger partial charge in [-0.15, -0.1) is 0 Å². The number of benzene rings is 1. The molecule has 1 fully saturated rings. The first-order valence-electron chi connectivity index (χ1n) is 7.98. The molecule has 136 valence electrons. The molecule has 1 aromatic carbocycles. The molecule has 0 saturated heterocycles.